The number of amides is 2. The predicted molar refractivity (Wildman–Crippen MR) is 76.3 cm³/mol. The minimum absolute atomic E-state index is 0.0514. The van der Waals surface area contributed by atoms with Crippen LogP contribution in [0.15, 0.2) is 24.3 Å². The van der Waals surface area contributed by atoms with Gasteiger partial charge in [0.2, 0.25) is 0 Å². The first-order chi connectivity index (χ1) is 9.45. The van der Waals surface area contributed by atoms with Crippen LogP contribution in [-0.4, -0.2) is 34.9 Å². The zero-order valence-corrected chi connectivity index (χ0v) is 11.8. The molecular weight excluding hydrogens is 256 g/mol. The summed E-state index contributed by atoms with van der Waals surface area (Å²) in [4.78, 5) is 25.7. The first-order valence-electron chi connectivity index (χ1n) is 6.85. The molecule has 1 saturated heterocycles. The fourth-order valence-electron chi connectivity index (χ4n) is 2.74. The van der Waals surface area contributed by atoms with E-state index < -0.39 is 11.8 Å². The number of rotatable bonds is 1. The van der Waals surface area contributed by atoms with Crippen molar-refractivity contribution >= 4 is 17.5 Å². The van der Waals surface area contributed by atoms with Crippen LogP contribution in [0.2, 0.25) is 0 Å². The summed E-state index contributed by atoms with van der Waals surface area (Å²) in [7, 11) is 0. The standard InChI is InChI=1S/C15H20N2O3/c1-10-6-11(2)9-17(8-10)15(20)14(19)16-12-4-3-5-13(18)7-12/h3-5,7,10-11,18H,6,8-9H2,1-2H3,(H,16,19). The lowest BCUT2D eigenvalue weighted by Gasteiger charge is -2.34. The number of hydrogen-bond donors (Lipinski definition) is 2. The molecule has 2 unspecified atom stereocenters. The van der Waals surface area contributed by atoms with E-state index in [-0.39, 0.29) is 5.75 Å². The lowest BCUT2D eigenvalue weighted by atomic mass is 9.92. The molecule has 0 spiro atoms. The number of anilines is 1. The number of carbonyl (C=O) groups is 2. The van der Waals surface area contributed by atoms with Gasteiger partial charge in [-0.05, 0) is 30.4 Å². The zero-order valence-electron chi connectivity index (χ0n) is 11.8. The molecule has 2 amide bonds. The highest BCUT2D eigenvalue weighted by atomic mass is 16.3. The Kier molecular flexibility index (Phi) is 4.27. The van der Waals surface area contributed by atoms with Gasteiger partial charge in [0.1, 0.15) is 5.75 Å². The summed E-state index contributed by atoms with van der Waals surface area (Å²) >= 11 is 0. The highest BCUT2D eigenvalue weighted by Gasteiger charge is 2.29. The lowest BCUT2D eigenvalue weighted by Crippen LogP contribution is -2.47. The van der Waals surface area contributed by atoms with Gasteiger partial charge in [-0.1, -0.05) is 19.9 Å². The van der Waals surface area contributed by atoms with E-state index in [0.717, 1.165) is 6.42 Å². The maximum atomic E-state index is 12.1. The SMILES string of the molecule is CC1CC(C)CN(C(=O)C(=O)Nc2cccc(O)c2)C1. The smallest absolute Gasteiger partial charge is 0.313 e. The van der Waals surface area contributed by atoms with Crippen LogP contribution in [0.4, 0.5) is 5.69 Å². The van der Waals surface area contributed by atoms with Crippen molar-refractivity contribution in [3.63, 3.8) is 0 Å². The van der Waals surface area contributed by atoms with Crippen molar-refractivity contribution in [2.24, 2.45) is 11.8 Å². The van der Waals surface area contributed by atoms with E-state index in [1.54, 1.807) is 17.0 Å². The molecule has 1 aliphatic rings. The van der Waals surface area contributed by atoms with Crippen LogP contribution in [0.5, 0.6) is 5.75 Å². The Morgan fingerprint density at radius 2 is 1.90 bits per heavy atom. The minimum Gasteiger partial charge on any atom is -0.508 e. The number of likely N-dealkylation sites (tertiary alicyclic amines) is 1. The average Bonchev–Trinajstić information content (AvgIpc) is 2.36. The topological polar surface area (TPSA) is 69.6 Å². The third-order valence-corrected chi connectivity index (χ3v) is 3.45. The van der Waals surface area contributed by atoms with Gasteiger partial charge in [0, 0.05) is 24.8 Å². The maximum Gasteiger partial charge on any atom is 0.313 e. The van der Waals surface area contributed by atoms with Crippen LogP contribution in [0, 0.1) is 11.8 Å². The van der Waals surface area contributed by atoms with E-state index in [1.165, 1.54) is 12.1 Å². The molecule has 1 heterocycles. The average molecular weight is 276 g/mol. The summed E-state index contributed by atoms with van der Waals surface area (Å²) in [5.74, 6) is -0.286. The lowest BCUT2D eigenvalue weighted by molar-refractivity contribution is -0.144. The van der Waals surface area contributed by atoms with Gasteiger partial charge >= 0.3 is 11.8 Å². The van der Waals surface area contributed by atoms with Crippen molar-refractivity contribution < 1.29 is 14.7 Å². The van der Waals surface area contributed by atoms with Gasteiger partial charge in [0.15, 0.2) is 0 Å². The normalized spacial score (nSPS) is 22.4. The molecule has 1 aromatic rings. The number of carbonyl (C=O) groups excluding carboxylic acids is 2. The molecule has 108 valence electrons. The van der Waals surface area contributed by atoms with Crippen LogP contribution in [0.3, 0.4) is 0 Å². The summed E-state index contributed by atoms with van der Waals surface area (Å²) in [5.41, 5.74) is 0.418. The molecule has 1 aliphatic heterocycles. The number of hydrogen-bond acceptors (Lipinski definition) is 3. The number of phenols is 1. The molecule has 0 aliphatic carbocycles. The molecule has 5 heteroatoms. The van der Waals surface area contributed by atoms with Gasteiger partial charge in [-0.2, -0.15) is 0 Å². The second kappa shape index (κ2) is 5.94. The second-order valence-corrected chi connectivity index (χ2v) is 5.66. The van der Waals surface area contributed by atoms with Crippen LogP contribution >= 0.6 is 0 Å². The van der Waals surface area contributed by atoms with Crippen molar-refractivity contribution in [3.8, 4) is 5.75 Å². The molecule has 0 bridgehead atoms. The molecule has 0 aromatic heterocycles. The highest BCUT2D eigenvalue weighted by Crippen LogP contribution is 2.21. The van der Waals surface area contributed by atoms with Gasteiger partial charge < -0.3 is 15.3 Å². The van der Waals surface area contributed by atoms with E-state index in [4.69, 9.17) is 0 Å². The number of nitrogens with one attached hydrogen (secondary N) is 1. The highest BCUT2D eigenvalue weighted by molar-refractivity contribution is 6.39. The van der Waals surface area contributed by atoms with Crippen LogP contribution in [0.25, 0.3) is 0 Å². The summed E-state index contributed by atoms with van der Waals surface area (Å²) in [5, 5.41) is 11.9. The maximum absolute atomic E-state index is 12.1. The molecule has 2 rings (SSSR count). The third-order valence-electron chi connectivity index (χ3n) is 3.45. The summed E-state index contributed by atoms with van der Waals surface area (Å²) in [6.07, 6.45) is 1.08. The first kappa shape index (κ1) is 14.4. The van der Waals surface area contributed by atoms with Gasteiger partial charge in [0.05, 0.1) is 0 Å². The zero-order chi connectivity index (χ0) is 14.7. The van der Waals surface area contributed by atoms with Crippen molar-refractivity contribution in [3.05, 3.63) is 24.3 Å². The molecule has 1 aromatic carbocycles. The summed E-state index contributed by atoms with van der Waals surface area (Å²) in [6, 6.07) is 6.16. The van der Waals surface area contributed by atoms with Gasteiger partial charge in [-0.25, -0.2) is 0 Å². The Balaban J connectivity index is 2.00. The Morgan fingerprint density at radius 1 is 1.25 bits per heavy atom. The minimum atomic E-state index is -0.656. The second-order valence-electron chi connectivity index (χ2n) is 5.66. The first-order valence-corrected chi connectivity index (χ1v) is 6.85. The van der Waals surface area contributed by atoms with E-state index in [9.17, 15) is 14.7 Å². The van der Waals surface area contributed by atoms with E-state index in [1.807, 2.05) is 0 Å². The fourth-order valence-corrected chi connectivity index (χ4v) is 2.74. The molecule has 2 N–H and O–H groups in total. The Bertz CT molecular complexity index is 506. The largest absolute Gasteiger partial charge is 0.508 e. The number of phenolic OH excluding ortho intramolecular Hbond substituents is 1. The summed E-state index contributed by atoms with van der Waals surface area (Å²) in [6.45, 7) is 5.42. The number of aromatic hydroxyl groups is 1. The van der Waals surface area contributed by atoms with Crippen LogP contribution in [-0.2, 0) is 9.59 Å². The quantitative estimate of drug-likeness (QED) is 0.769. The molecule has 5 nitrogen and oxygen atoms in total. The predicted octanol–water partition coefficient (Wildman–Crippen LogP) is 1.84. The number of benzene rings is 1. The van der Waals surface area contributed by atoms with Gasteiger partial charge in [-0.3, -0.25) is 9.59 Å². The molecule has 0 radical (unpaired) electrons. The van der Waals surface area contributed by atoms with Gasteiger partial charge in [-0.15, -0.1) is 0 Å². The van der Waals surface area contributed by atoms with E-state index in [0.29, 0.717) is 30.6 Å². The van der Waals surface area contributed by atoms with Crippen molar-refractivity contribution in [1.29, 1.82) is 0 Å². The third kappa shape index (κ3) is 3.50. The fraction of sp³-hybridized carbons (Fsp3) is 0.467. The number of nitrogens with zero attached hydrogens (tertiary/aromatic N) is 1. The van der Waals surface area contributed by atoms with Crippen molar-refractivity contribution in [2.45, 2.75) is 20.3 Å². The molecule has 1 fully saturated rings. The van der Waals surface area contributed by atoms with Crippen LogP contribution < -0.4 is 5.32 Å². The molecular formula is C15H20N2O3. The van der Waals surface area contributed by atoms with Crippen molar-refractivity contribution in [1.82, 2.24) is 4.90 Å². The molecule has 20 heavy (non-hydrogen) atoms. The van der Waals surface area contributed by atoms with Gasteiger partial charge in [0.25, 0.3) is 0 Å². The van der Waals surface area contributed by atoms with Crippen LogP contribution in [0.1, 0.15) is 20.3 Å². The Morgan fingerprint density at radius 3 is 2.50 bits per heavy atom. The van der Waals surface area contributed by atoms with Crippen molar-refractivity contribution in [2.75, 3.05) is 18.4 Å². The van der Waals surface area contributed by atoms with E-state index >= 15 is 0 Å². The summed E-state index contributed by atoms with van der Waals surface area (Å²) < 4.78 is 0. The molecule has 0 saturated carbocycles. The Labute approximate surface area is 118 Å². The molecule has 2 atom stereocenters. The monoisotopic (exact) mass is 276 g/mol. The number of piperidine rings is 1. The Hall–Kier alpha value is -2.04. The van der Waals surface area contributed by atoms with E-state index in [2.05, 4.69) is 19.2 Å².